The molecule has 5 nitrogen and oxygen atoms in total. The van der Waals surface area contributed by atoms with Gasteiger partial charge in [-0.25, -0.2) is 0 Å². The summed E-state index contributed by atoms with van der Waals surface area (Å²) in [5.74, 6) is -0.202. The number of benzene rings is 1. The maximum atomic E-state index is 11.9. The van der Waals surface area contributed by atoms with Gasteiger partial charge in [0.1, 0.15) is 0 Å². The molecule has 5 heteroatoms. The Labute approximate surface area is 112 Å². The lowest BCUT2D eigenvalue weighted by Crippen LogP contribution is -2.43. The van der Waals surface area contributed by atoms with Crippen LogP contribution in [0, 0.1) is 0 Å². The van der Waals surface area contributed by atoms with Crippen molar-refractivity contribution in [3.63, 3.8) is 0 Å². The van der Waals surface area contributed by atoms with Gasteiger partial charge in [-0.15, -0.1) is 0 Å². The fourth-order valence-corrected chi connectivity index (χ4v) is 1.85. The summed E-state index contributed by atoms with van der Waals surface area (Å²) in [7, 11) is 0. The van der Waals surface area contributed by atoms with E-state index in [0.717, 1.165) is 12.8 Å². The van der Waals surface area contributed by atoms with E-state index in [0.29, 0.717) is 5.69 Å². The molecule has 1 amide bonds. The van der Waals surface area contributed by atoms with E-state index < -0.39 is 0 Å². The van der Waals surface area contributed by atoms with Crippen LogP contribution in [0.15, 0.2) is 36.5 Å². The third-order valence-electron chi connectivity index (χ3n) is 2.98. The van der Waals surface area contributed by atoms with Crippen LogP contribution in [0.5, 0.6) is 0 Å². The van der Waals surface area contributed by atoms with E-state index in [1.807, 2.05) is 32.0 Å². The summed E-state index contributed by atoms with van der Waals surface area (Å²) in [6, 6.07) is 10.2. The van der Waals surface area contributed by atoms with E-state index in [9.17, 15) is 4.79 Å². The standard InChI is InChI=1S/C14H18N4O/c1-14(2,9-8-11-6-4-3-5-7-11)16-13(19)12-10-15-18-17-12/h3-7,10H,8-9H2,1-2H3,(H,16,19)(H,15,17,18). The molecule has 1 heterocycles. The predicted octanol–water partition coefficient (Wildman–Crippen LogP) is 1.95. The Hall–Kier alpha value is -2.17. The number of hydrogen-bond acceptors (Lipinski definition) is 3. The zero-order chi connectivity index (χ0) is 13.7. The van der Waals surface area contributed by atoms with Gasteiger partial charge in [0.15, 0.2) is 5.69 Å². The van der Waals surface area contributed by atoms with Crippen molar-refractivity contribution < 1.29 is 4.79 Å². The molecule has 2 aromatic rings. The molecule has 0 bridgehead atoms. The molecule has 0 aliphatic rings. The Balaban J connectivity index is 1.90. The fraction of sp³-hybridized carbons (Fsp3) is 0.357. The maximum Gasteiger partial charge on any atom is 0.273 e. The first-order chi connectivity index (χ1) is 9.07. The molecule has 0 aliphatic heterocycles. The third kappa shape index (κ3) is 3.91. The van der Waals surface area contributed by atoms with Crippen LogP contribution in [-0.2, 0) is 6.42 Å². The van der Waals surface area contributed by atoms with Crippen LogP contribution < -0.4 is 5.32 Å². The Morgan fingerprint density at radius 3 is 2.68 bits per heavy atom. The van der Waals surface area contributed by atoms with Gasteiger partial charge in [0.2, 0.25) is 0 Å². The topological polar surface area (TPSA) is 70.7 Å². The first-order valence-corrected chi connectivity index (χ1v) is 6.29. The van der Waals surface area contributed by atoms with Gasteiger partial charge < -0.3 is 5.32 Å². The minimum atomic E-state index is -0.286. The summed E-state index contributed by atoms with van der Waals surface area (Å²) in [4.78, 5) is 11.9. The van der Waals surface area contributed by atoms with Gasteiger partial charge in [-0.2, -0.15) is 15.4 Å². The number of aromatic nitrogens is 3. The predicted molar refractivity (Wildman–Crippen MR) is 72.7 cm³/mol. The highest BCUT2D eigenvalue weighted by molar-refractivity contribution is 5.92. The van der Waals surface area contributed by atoms with Crippen LogP contribution in [-0.4, -0.2) is 26.9 Å². The molecule has 19 heavy (non-hydrogen) atoms. The number of H-pyrrole nitrogens is 1. The molecular weight excluding hydrogens is 240 g/mol. The molecule has 0 saturated heterocycles. The number of hydrogen-bond donors (Lipinski definition) is 2. The van der Waals surface area contributed by atoms with Gasteiger partial charge in [0.05, 0.1) is 6.20 Å². The van der Waals surface area contributed by atoms with E-state index in [1.165, 1.54) is 11.8 Å². The second-order valence-corrected chi connectivity index (χ2v) is 5.18. The Morgan fingerprint density at radius 1 is 1.32 bits per heavy atom. The number of aromatic amines is 1. The van der Waals surface area contributed by atoms with E-state index in [4.69, 9.17) is 0 Å². The Bertz CT molecular complexity index is 520. The summed E-state index contributed by atoms with van der Waals surface area (Å²) >= 11 is 0. The first-order valence-electron chi connectivity index (χ1n) is 6.29. The lowest BCUT2D eigenvalue weighted by molar-refractivity contribution is 0.0904. The van der Waals surface area contributed by atoms with Crippen LogP contribution >= 0.6 is 0 Å². The average Bonchev–Trinajstić information content (AvgIpc) is 2.91. The van der Waals surface area contributed by atoms with Crippen molar-refractivity contribution >= 4 is 5.91 Å². The SMILES string of the molecule is CC(C)(CCc1ccccc1)NC(=O)c1cn[nH]n1. The second-order valence-electron chi connectivity index (χ2n) is 5.18. The molecule has 0 radical (unpaired) electrons. The molecule has 1 aromatic heterocycles. The highest BCUT2D eigenvalue weighted by Crippen LogP contribution is 2.14. The quantitative estimate of drug-likeness (QED) is 0.861. The van der Waals surface area contributed by atoms with Crippen molar-refractivity contribution in [2.24, 2.45) is 0 Å². The van der Waals surface area contributed by atoms with E-state index in [2.05, 4.69) is 32.9 Å². The number of aryl methyl sites for hydroxylation is 1. The Morgan fingerprint density at radius 2 is 2.05 bits per heavy atom. The molecular formula is C14H18N4O. The summed E-state index contributed by atoms with van der Waals surface area (Å²) in [6.07, 6.45) is 3.20. The molecule has 0 atom stereocenters. The average molecular weight is 258 g/mol. The number of carbonyl (C=O) groups excluding carboxylic acids is 1. The number of nitrogens with one attached hydrogen (secondary N) is 2. The number of rotatable bonds is 5. The van der Waals surface area contributed by atoms with Crippen LogP contribution in [0.3, 0.4) is 0 Å². The van der Waals surface area contributed by atoms with Crippen LogP contribution in [0.1, 0.15) is 36.3 Å². The molecule has 0 saturated carbocycles. The van der Waals surface area contributed by atoms with Crippen LogP contribution in [0.4, 0.5) is 0 Å². The summed E-state index contributed by atoms with van der Waals surface area (Å²) < 4.78 is 0. The minimum Gasteiger partial charge on any atom is -0.346 e. The molecule has 0 unspecified atom stereocenters. The van der Waals surface area contributed by atoms with Crippen LogP contribution in [0.25, 0.3) is 0 Å². The molecule has 1 aromatic carbocycles. The molecule has 2 N–H and O–H groups in total. The van der Waals surface area contributed by atoms with E-state index in [-0.39, 0.29) is 11.4 Å². The van der Waals surface area contributed by atoms with Crippen molar-refractivity contribution in [3.8, 4) is 0 Å². The summed E-state index contributed by atoms with van der Waals surface area (Å²) in [6.45, 7) is 4.02. The van der Waals surface area contributed by atoms with Crippen LogP contribution in [0.2, 0.25) is 0 Å². The summed E-state index contributed by atoms with van der Waals surface area (Å²) in [5.41, 5.74) is 1.30. The number of amides is 1. The number of carbonyl (C=O) groups is 1. The third-order valence-corrected chi connectivity index (χ3v) is 2.98. The van der Waals surface area contributed by atoms with Gasteiger partial charge in [0.25, 0.3) is 5.91 Å². The molecule has 2 rings (SSSR count). The normalized spacial score (nSPS) is 11.3. The largest absolute Gasteiger partial charge is 0.346 e. The maximum absolute atomic E-state index is 11.9. The highest BCUT2D eigenvalue weighted by atomic mass is 16.2. The van der Waals surface area contributed by atoms with Crippen molar-refractivity contribution in [2.75, 3.05) is 0 Å². The minimum absolute atomic E-state index is 0.202. The van der Waals surface area contributed by atoms with Gasteiger partial charge in [0, 0.05) is 5.54 Å². The highest BCUT2D eigenvalue weighted by Gasteiger charge is 2.22. The van der Waals surface area contributed by atoms with Crippen molar-refractivity contribution in [1.82, 2.24) is 20.7 Å². The van der Waals surface area contributed by atoms with Gasteiger partial charge >= 0.3 is 0 Å². The van der Waals surface area contributed by atoms with Gasteiger partial charge in [-0.1, -0.05) is 30.3 Å². The smallest absolute Gasteiger partial charge is 0.273 e. The van der Waals surface area contributed by atoms with Crippen molar-refractivity contribution in [1.29, 1.82) is 0 Å². The Kier molecular flexibility index (Phi) is 3.94. The van der Waals surface area contributed by atoms with E-state index in [1.54, 1.807) is 0 Å². The summed E-state index contributed by atoms with van der Waals surface area (Å²) in [5, 5.41) is 12.8. The zero-order valence-corrected chi connectivity index (χ0v) is 11.2. The van der Waals surface area contributed by atoms with Gasteiger partial charge in [-0.3, -0.25) is 4.79 Å². The lowest BCUT2D eigenvalue weighted by atomic mass is 9.95. The zero-order valence-electron chi connectivity index (χ0n) is 11.2. The fourth-order valence-electron chi connectivity index (χ4n) is 1.85. The van der Waals surface area contributed by atoms with Crippen molar-refractivity contribution in [2.45, 2.75) is 32.2 Å². The first kappa shape index (κ1) is 13.3. The van der Waals surface area contributed by atoms with Gasteiger partial charge in [-0.05, 0) is 32.3 Å². The molecule has 100 valence electrons. The second kappa shape index (κ2) is 5.65. The molecule has 0 spiro atoms. The number of nitrogens with zero attached hydrogens (tertiary/aromatic N) is 2. The van der Waals surface area contributed by atoms with Crippen molar-refractivity contribution in [3.05, 3.63) is 47.8 Å². The molecule has 0 aliphatic carbocycles. The lowest BCUT2D eigenvalue weighted by Gasteiger charge is -2.25. The monoisotopic (exact) mass is 258 g/mol. The molecule has 0 fully saturated rings. The van der Waals surface area contributed by atoms with E-state index >= 15 is 0 Å².